The molecule has 2 atom stereocenters. The molecule has 42 heavy (non-hydrogen) atoms. The van der Waals surface area contributed by atoms with Crippen LogP contribution in [0.1, 0.15) is 194 Å². The van der Waals surface area contributed by atoms with Gasteiger partial charge in [-0.2, -0.15) is 0 Å². The van der Waals surface area contributed by atoms with Crippen LogP contribution in [0.4, 0.5) is 0 Å². The molecule has 4 nitrogen and oxygen atoms in total. The van der Waals surface area contributed by atoms with Crippen LogP contribution in [0, 0.1) is 0 Å². The van der Waals surface area contributed by atoms with Gasteiger partial charge < -0.3 is 15.5 Å². The highest BCUT2D eigenvalue weighted by molar-refractivity contribution is 5.76. The lowest BCUT2D eigenvalue weighted by molar-refractivity contribution is -0.123. The summed E-state index contributed by atoms with van der Waals surface area (Å²) in [6.07, 6.45) is 42.6. The SMILES string of the molecule is CCCCCCCC/C=C/CCCCCCCC(=O)N[C@@H](CO)[C@H](O)/C=C/CCCCCCCCCCCCCCC. The zero-order valence-corrected chi connectivity index (χ0v) is 28.3. The molecule has 0 saturated heterocycles. The van der Waals surface area contributed by atoms with Gasteiger partial charge in [0.1, 0.15) is 0 Å². The quantitative estimate of drug-likeness (QED) is 0.0525. The van der Waals surface area contributed by atoms with Gasteiger partial charge in [-0.25, -0.2) is 0 Å². The number of hydrogen-bond acceptors (Lipinski definition) is 3. The van der Waals surface area contributed by atoms with Gasteiger partial charge in [0.2, 0.25) is 5.91 Å². The van der Waals surface area contributed by atoms with Crippen LogP contribution in [0.5, 0.6) is 0 Å². The smallest absolute Gasteiger partial charge is 0.220 e. The Morgan fingerprint density at radius 3 is 1.31 bits per heavy atom. The van der Waals surface area contributed by atoms with Crippen molar-refractivity contribution in [2.75, 3.05) is 6.61 Å². The molecule has 0 radical (unpaired) electrons. The van der Waals surface area contributed by atoms with Crippen LogP contribution < -0.4 is 5.32 Å². The van der Waals surface area contributed by atoms with Crippen LogP contribution in [0.25, 0.3) is 0 Å². The zero-order chi connectivity index (χ0) is 30.8. The first-order valence-electron chi connectivity index (χ1n) is 18.6. The molecule has 0 saturated carbocycles. The highest BCUT2D eigenvalue weighted by atomic mass is 16.3. The lowest BCUT2D eigenvalue weighted by Crippen LogP contribution is -2.45. The maximum atomic E-state index is 12.3. The summed E-state index contributed by atoms with van der Waals surface area (Å²) < 4.78 is 0. The van der Waals surface area contributed by atoms with Gasteiger partial charge in [-0.15, -0.1) is 0 Å². The van der Waals surface area contributed by atoms with Crippen molar-refractivity contribution in [1.82, 2.24) is 5.32 Å². The first-order chi connectivity index (χ1) is 20.7. The molecule has 0 aliphatic carbocycles. The second-order valence-corrected chi connectivity index (χ2v) is 12.6. The predicted molar refractivity (Wildman–Crippen MR) is 184 cm³/mol. The molecule has 0 aromatic carbocycles. The Morgan fingerprint density at radius 1 is 0.548 bits per heavy atom. The standard InChI is InChI=1S/C38H73NO3/c1-3-5-7-9-11-13-15-17-19-21-23-25-27-29-31-33-37(41)36(35-40)39-38(42)34-32-30-28-26-24-22-20-18-16-14-12-10-8-6-4-2/h18,20,31,33,36-37,40-41H,3-17,19,21-30,32,34-35H2,1-2H3,(H,39,42)/b20-18+,33-31+/t36-,37+/m0/s1. The van der Waals surface area contributed by atoms with E-state index in [0.29, 0.717) is 6.42 Å². The molecule has 0 heterocycles. The van der Waals surface area contributed by atoms with E-state index in [4.69, 9.17) is 0 Å². The number of hydrogen-bond donors (Lipinski definition) is 3. The van der Waals surface area contributed by atoms with Gasteiger partial charge >= 0.3 is 0 Å². The predicted octanol–water partition coefficient (Wildman–Crippen LogP) is 10.9. The highest BCUT2D eigenvalue weighted by Crippen LogP contribution is 2.14. The Balaban J connectivity index is 3.63. The monoisotopic (exact) mass is 592 g/mol. The Bertz CT molecular complexity index is 603. The molecule has 1 amide bonds. The molecule has 0 aliphatic heterocycles. The van der Waals surface area contributed by atoms with E-state index in [1.807, 2.05) is 6.08 Å². The van der Waals surface area contributed by atoms with Crippen molar-refractivity contribution in [3.8, 4) is 0 Å². The van der Waals surface area contributed by atoms with Crippen LogP contribution in [-0.4, -0.2) is 34.9 Å². The van der Waals surface area contributed by atoms with Crippen molar-refractivity contribution in [2.45, 2.75) is 206 Å². The molecule has 0 unspecified atom stereocenters. The number of rotatable bonds is 33. The van der Waals surface area contributed by atoms with Crippen molar-refractivity contribution in [3.63, 3.8) is 0 Å². The lowest BCUT2D eigenvalue weighted by Gasteiger charge is -2.20. The average molecular weight is 592 g/mol. The third-order valence-electron chi connectivity index (χ3n) is 8.43. The van der Waals surface area contributed by atoms with Crippen LogP contribution in [0.2, 0.25) is 0 Å². The molecule has 0 aliphatic rings. The molecule has 0 bridgehead atoms. The molecule has 248 valence electrons. The number of carbonyl (C=O) groups excluding carboxylic acids is 1. The van der Waals surface area contributed by atoms with E-state index in [0.717, 1.165) is 32.1 Å². The first-order valence-corrected chi connectivity index (χ1v) is 18.6. The van der Waals surface area contributed by atoms with Crippen LogP contribution in [0.15, 0.2) is 24.3 Å². The molecule has 0 aromatic rings. The summed E-state index contributed by atoms with van der Waals surface area (Å²) in [6, 6.07) is -0.622. The second kappa shape index (κ2) is 34.4. The normalized spacial score (nSPS) is 13.3. The van der Waals surface area contributed by atoms with Gasteiger partial charge in [0.15, 0.2) is 0 Å². The maximum absolute atomic E-state index is 12.3. The molecule has 0 fully saturated rings. The Morgan fingerprint density at radius 2 is 0.905 bits per heavy atom. The number of carbonyl (C=O) groups is 1. The summed E-state index contributed by atoms with van der Waals surface area (Å²) in [5, 5.41) is 22.9. The molecule has 3 N–H and O–H groups in total. The summed E-state index contributed by atoms with van der Waals surface area (Å²) in [7, 11) is 0. The lowest BCUT2D eigenvalue weighted by atomic mass is 10.0. The van der Waals surface area contributed by atoms with Gasteiger partial charge in [0, 0.05) is 6.42 Å². The van der Waals surface area contributed by atoms with E-state index in [-0.39, 0.29) is 12.5 Å². The van der Waals surface area contributed by atoms with Crippen molar-refractivity contribution in [2.24, 2.45) is 0 Å². The number of amides is 1. The fourth-order valence-corrected chi connectivity index (χ4v) is 5.52. The van der Waals surface area contributed by atoms with Crippen molar-refractivity contribution >= 4 is 5.91 Å². The van der Waals surface area contributed by atoms with Crippen LogP contribution in [0.3, 0.4) is 0 Å². The Labute approximate surface area is 262 Å². The summed E-state index contributed by atoms with van der Waals surface area (Å²) in [5.74, 6) is -0.0735. The van der Waals surface area contributed by atoms with Crippen LogP contribution in [-0.2, 0) is 4.79 Å². The Hall–Kier alpha value is -1.13. The van der Waals surface area contributed by atoms with E-state index >= 15 is 0 Å². The van der Waals surface area contributed by atoms with Crippen LogP contribution >= 0.6 is 0 Å². The molecular formula is C38H73NO3. The Kier molecular flexibility index (Phi) is 33.4. The molecule has 0 spiro atoms. The number of nitrogens with one attached hydrogen (secondary N) is 1. The largest absolute Gasteiger partial charge is 0.394 e. The van der Waals surface area contributed by atoms with Gasteiger partial charge in [-0.05, 0) is 44.9 Å². The minimum atomic E-state index is -0.838. The van der Waals surface area contributed by atoms with E-state index in [9.17, 15) is 15.0 Å². The summed E-state index contributed by atoms with van der Waals surface area (Å²) in [5.41, 5.74) is 0. The topological polar surface area (TPSA) is 69.6 Å². The first kappa shape index (κ1) is 40.9. The van der Waals surface area contributed by atoms with Gasteiger partial charge in [0.05, 0.1) is 18.8 Å². The summed E-state index contributed by atoms with van der Waals surface area (Å²) in [4.78, 5) is 12.3. The molecule has 0 rings (SSSR count). The summed E-state index contributed by atoms with van der Waals surface area (Å²) >= 11 is 0. The highest BCUT2D eigenvalue weighted by Gasteiger charge is 2.17. The van der Waals surface area contributed by atoms with E-state index in [1.165, 1.54) is 141 Å². The van der Waals surface area contributed by atoms with Crippen molar-refractivity contribution < 1.29 is 15.0 Å². The fraction of sp³-hybridized carbons (Fsp3) is 0.868. The van der Waals surface area contributed by atoms with Gasteiger partial charge in [0.25, 0.3) is 0 Å². The van der Waals surface area contributed by atoms with Gasteiger partial charge in [-0.1, -0.05) is 167 Å². The fourth-order valence-electron chi connectivity index (χ4n) is 5.52. The van der Waals surface area contributed by atoms with E-state index in [2.05, 4.69) is 31.3 Å². The molecule has 0 aromatic heterocycles. The average Bonchev–Trinajstić information content (AvgIpc) is 2.99. The van der Waals surface area contributed by atoms with Crippen molar-refractivity contribution in [1.29, 1.82) is 0 Å². The minimum Gasteiger partial charge on any atom is -0.394 e. The van der Waals surface area contributed by atoms with Crippen molar-refractivity contribution in [3.05, 3.63) is 24.3 Å². The zero-order valence-electron chi connectivity index (χ0n) is 28.3. The van der Waals surface area contributed by atoms with E-state index in [1.54, 1.807) is 6.08 Å². The molecule has 4 heteroatoms. The minimum absolute atomic E-state index is 0.0735. The molecular weight excluding hydrogens is 518 g/mol. The van der Waals surface area contributed by atoms with Gasteiger partial charge in [-0.3, -0.25) is 4.79 Å². The number of aliphatic hydroxyl groups is 2. The second-order valence-electron chi connectivity index (χ2n) is 12.6. The summed E-state index contributed by atoms with van der Waals surface area (Å²) in [6.45, 7) is 4.29. The third kappa shape index (κ3) is 30.3. The number of aliphatic hydroxyl groups excluding tert-OH is 2. The third-order valence-corrected chi connectivity index (χ3v) is 8.43. The van der Waals surface area contributed by atoms with E-state index < -0.39 is 12.1 Å². The number of unbranched alkanes of at least 4 members (excludes halogenated alkanes) is 24. The number of allylic oxidation sites excluding steroid dienone is 3. The maximum Gasteiger partial charge on any atom is 0.220 e.